The SMILES string of the molecule is O=c1c2cc(-c3ccc(OC(F)(F)F)cc3)ccc2nnn1Cc1nnc(C2CC2)s1. The van der Waals surface area contributed by atoms with Crippen LogP contribution in [0.15, 0.2) is 47.3 Å². The van der Waals surface area contributed by atoms with E-state index in [4.69, 9.17) is 0 Å². The molecule has 1 fully saturated rings. The molecule has 158 valence electrons. The zero-order valence-electron chi connectivity index (χ0n) is 15.8. The van der Waals surface area contributed by atoms with E-state index in [1.54, 1.807) is 18.2 Å². The van der Waals surface area contributed by atoms with E-state index in [2.05, 4.69) is 25.2 Å². The fourth-order valence-corrected chi connectivity index (χ4v) is 4.16. The average molecular weight is 445 g/mol. The van der Waals surface area contributed by atoms with Gasteiger partial charge in [0.15, 0.2) is 0 Å². The maximum atomic E-state index is 13.0. The minimum absolute atomic E-state index is 0.180. The van der Waals surface area contributed by atoms with Crippen LogP contribution in [0.2, 0.25) is 0 Å². The van der Waals surface area contributed by atoms with Crippen LogP contribution in [0.3, 0.4) is 0 Å². The lowest BCUT2D eigenvalue weighted by atomic mass is 10.0. The highest BCUT2D eigenvalue weighted by Crippen LogP contribution is 2.41. The summed E-state index contributed by atoms with van der Waals surface area (Å²) in [6.07, 6.45) is -2.51. The number of ether oxygens (including phenoxy) is 1. The summed E-state index contributed by atoms with van der Waals surface area (Å²) in [4.78, 5) is 13.0. The number of fused-ring (bicyclic) bond motifs is 1. The largest absolute Gasteiger partial charge is 0.573 e. The molecule has 2 aromatic heterocycles. The van der Waals surface area contributed by atoms with Gasteiger partial charge in [-0.2, -0.15) is 0 Å². The van der Waals surface area contributed by atoms with Crippen molar-refractivity contribution in [3.05, 3.63) is 62.8 Å². The van der Waals surface area contributed by atoms with Gasteiger partial charge in [0.25, 0.3) is 5.56 Å². The van der Waals surface area contributed by atoms with Gasteiger partial charge in [-0.1, -0.05) is 34.7 Å². The summed E-state index contributed by atoms with van der Waals surface area (Å²) < 4.78 is 42.2. The summed E-state index contributed by atoms with van der Waals surface area (Å²) in [5.41, 5.74) is 1.40. The monoisotopic (exact) mass is 445 g/mol. The third-order valence-corrected chi connectivity index (χ3v) is 5.91. The molecule has 0 saturated heterocycles. The number of aromatic nitrogens is 5. The minimum Gasteiger partial charge on any atom is -0.406 e. The molecule has 4 aromatic rings. The molecule has 7 nitrogen and oxygen atoms in total. The van der Waals surface area contributed by atoms with Crippen molar-refractivity contribution in [1.29, 1.82) is 0 Å². The van der Waals surface area contributed by atoms with E-state index < -0.39 is 6.36 Å². The molecule has 0 radical (unpaired) electrons. The Hall–Kier alpha value is -3.34. The standard InChI is InChI=1S/C20H14F3N5O2S/c21-20(22,23)30-14-6-3-11(4-7-14)13-5-8-16-15(9-13)19(29)28(27-24-16)10-17-25-26-18(31-17)12-1-2-12/h3-9,12H,1-2,10H2. The van der Waals surface area contributed by atoms with E-state index in [9.17, 15) is 18.0 Å². The second-order valence-corrected chi connectivity index (χ2v) is 8.26. The molecule has 2 aromatic carbocycles. The Morgan fingerprint density at radius 3 is 2.48 bits per heavy atom. The molecular formula is C20H14F3N5O2S. The molecule has 0 bridgehead atoms. The van der Waals surface area contributed by atoms with Crippen molar-refractivity contribution in [2.24, 2.45) is 0 Å². The van der Waals surface area contributed by atoms with Crippen molar-refractivity contribution in [1.82, 2.24) is 25.2 Å². The number of rotatable bonds is 5. The molecular weight excluding hydrogens is 431 g/mol. The Kier molecular flexibility index (Phi) is 4.69. The van der Waals surface area contributed by atoms with Gasteiger partial charge in [0.2, 0.25) is 0 Å². The van der Waals surface area contributed by atoms with Crippen LogP contribution in [0.1, 0.15) is 28.8 Å². The van der Waals surface area contributed by atoms with Gasteiger partial charge in [-0.3, -0.25) is 4.79 Å². The lowest BCUT2D eigenvalue weighted by molar-refractivity contribution is -0.274. The number of nitrogens with zero attached hydrogens (tertiary/aromatic N) is 5. The topological polar surface area (TPSA) is 82.8 Å². The lowest BCUT2D eigenvalue weighted by Crippen LogP contribution is -2.24. The highest BCUT2D eigenvalue weighted by Gasteiger charge is 2.31. The zero-order chi connectivity index (χ0) is 21.6. The lowest BCUT2D eigenvalue weighted by Gasteiger charge is -2.09. The van der Waals surface area contributed by atoms with Crippen LogP contribution in [0, 0.1) is 0 Å². The van der Waals surface area contributed by atoms with Gasteiger partial charge < -0.3 is 4.74 Å². The van der Waals surface area contributed by atoms with Crippen LogP contribution >= 0.6 is 11.3 Å². The summed E-state index contributed by atoms with van der Waals surface area (Å²) in [5, 5.41) is 18.4. The first-order chi connectivity index (χ1) is 14.9. The fourth-order valence-electron chi connectivity index (χ4n) is 3.16. The molecule has 31 heavy (non-hydrogen) atoms. The third-order valence-electron chi connectivity index (χ3n) is 4.84. The maximum absolute atomic E-state index is 13.0. The number of alkyl halides is 3. The van der Waals surface area contributed by atoms with Crippen molar-refractivity contribution >= 4 is 22.2 Å². The van der Waals surface area contributed by atoms with E-state index >= 15 is 0 Å². The Labute approximate surface area is 177 Å². The number of halogens is 3. The molecule has 1 saturated carbocycles. The van der Waals surface area contributed by atoms with Crippen molar-refractivity contribution in [3.63, 3.8) is 0 Å². The minimum atomic E-state index is -4.75. The summed E-state index contributed by atoms with van der Waals surface area (Å²) in [5.74, 6) is 0.175. The van der Waals surface area contributed by atoms with Gasteiger partial charge in [-0.05, 0) is 48.2 Å². The van der Waals surface area contributed by atoms with Crippen LogP contribution in [-0.4, -0.2) is 31.6 Å². The molecule has 2 heterocycles. The van der Waals surface area contributed by atoms with E-state index in [-0.39, 0.29) is 17.9 Å². The highest BCUT2D eigenvalue weighted by atomic mass is 32.1. The smallest absolute Gasteiger partial charge is 0.406 e. The molecule has 0 unspecified atom stereocenters. The summed E-state index contributed by atoms with van der Waals surface area (Å²) in [6.45, 7) is 0.180. The van der Waals surface area contributed by atoms with Gasteiger partial charge in [0, 0.05) is 5.92 Å². The van der Waals surface area contributed by atoms with Crippen LogP contribution in [0.25, 0.3) is 22.0 Å². The van der Waals surface area contributed by atoms with Crippen LogP contribution in [0.4, 0.5) is 13.2 Å². The van der Waals surface area contributed by atoms with Gasteiger partial charge in [-0.15, -0.1) is 28.5 Å². The second kappa shape index (κ2) is 7.41. The first-order valence-corrected chi connectivity index (χ1v) is 10.2. The number of hydrogen-bond donors (Lipinski definition) is 0. The quantitative estimate of drug-likeness (QED) is 0.459. The van der Waals surface area contributed by atoms with Gasteiger partial charge in [-0.25, -0.2) is 4.68 Å². The molecule has 0 amide bonds. The van der Waals surface area contributed by atoms with E-state index in [0.717, 1.165) is 17.8 Å². The first-order valence-electron chi connectivity index (χ1n) is 9.42. The normalized spacial score (nSPS) is 14.2. The molecule has 0 N–H and O–H groups in total. The van der Waals surface area contributed by atoms with Crippen molar-refractivity contribution in [2.45, 2.75) is 31.7 Å². The molecule has 1 aliphatic carbocycles. The second-order valence-electron chi connectivity index (χ2n) is 7.16. The van der Waals surface area contributed by atoms with Crippen molar-refractivity contribution < 1.29 is 17.9 Å². The molecule has 11 heteroatoms. The Morgan fingerprint density at radius 1 is 1.03 bits per heavy atom. The number of benzene rings is 2. The number of hydrogen-bond acceptors (Lipinski definition) is 7. The predicted octanol–water partition coefficient (Wildman–Crippen LogP) is 4.13. The molecule has 0 spiro atoms. The van der Waals surface area contributed by atoms with Crippen LogP contribution in [0.5, 0.6) is 5.75 Å². The summed E-state index contributed by atoms with van der Waals surface area (Å²) in [6, 6.07) is 10.5. The predicted molar refractivity (Wildman–Crippen MR) is 107 cm³/mol. The summed E-state index contributed by atoms with van der Waals surface area (Å²) in [7, 11) is 0. The van der Waals surface area contributed by atoms with E-state index in [1.807, 2.05) is 0 Å². The van der Waals surface area contributed by atoms with Crippen molar-refractivity contribution in [2.75, 3.05) is 0 Å². The van der Waals surface area contributed by atoms with Gasteiger partial charge in [0.05, 0.1) is 5.39 Å². The molecule has 0 atom stereocenters. The maximum Gasteiger partial charge on any atom is 0.573 e. The van der Waals surface area contributed by atoms with Crippen LogP contribution in [-0.2, 0) is 6.54 Å². The molecule has 0 aliphatic heterocycles. The van der Waals surface area contributed by atoms with Gasteiger partial charge >= 0.3 is 6.36 Å². The fraction of sp³-hybridized carbons (Fsp3) is 0.250. The summed E-state index contributed by atoms with van der Waals surface area (Å²) >= 11 is 1.48. The van der Waals surface area contributed by atoms with Crippen molar-refractivity contribution in [3.8, 4) is 16.9 Å². The molecule has 1 aliphatic rings. The van der Waals surface area contributed by atoms with Crippen LogP contribution < -0.4 is 10.3 Å². The van der Waals surface area contributed by atoms with E-state index in [1.165, 1.54) is 40.3 Å². The third kappa shape index (κ3) is 4.26. The average Bonchev–Trinajstić information content (AvgIpc) is 3.48. The van der Waals surface area contributed by atoms with Gasteiger partial charge in [0.1, 0.15) is 27.8 Å². The Morgan fingerprint density at radius 2 is 1.77 bits per heavy atom. The Bertz CT molecular complexity index is 1310. The highest BCUT2D eigenvalue weighted by molar-refractivity contribution is 7.11. The van der Waals surface area contributed by atoms with E-state index in [0.29, 0.717) is 33.0 Å². The zero-order valence-corrected chi connectivity index (χ0v) is 16.7. The first kappa shape index (κ1) is 19.6. The Balaban J connectivity index is 1.44. The molecule has 5 rings (SSSR count).